The van der Waals surface area contributed by atoms with E-state index >= 15 is 0 Å². The summed E-state index contributed by atoms with van der Waals surface area (Å²) in [6.07, 6.45) is 0. The standard InChI is InChI=1S/C28H23FN4O4S3/c1-16-8-4-6-10-20(16)32-25-24(40-28(32)38)26(35)33(21-11-7-5-9-18(21)29)27(31-25)39-15-23(34)30-19-13-12-17(36-2)14-22(19)37-3/h4-14H,15H2,1-3H3,(H,30,34). The summed E-state index contributed by atoms with van der Waals surface area (Å²) in [6, 6.07) is 18.6. The predicted molar refractivity (Wildman–Crippen MR) is 159 cm³/mol. The fourth-order valence-corrected chi connectivity index (χ4v) is 6.21. The van der Waals surface area contributed by atoms with Crippen LogP contribution in [0.2, 0.25) is 0 Å². The van der Waals surface area contributed by atoms with Crippen molar-refractivity contribution in [2.45, 2.75) is 12.1 Å². The van der Waals surface area contributed by atoms with Crippen LogP contribution in [0.4, 0.5) is 10.1 Å². The lowest BCUT2D eigenvalue weighted by Crippen LogP contribution is -2.23. The van der Waals surface area contributed by atoms with Gasteiger partial charge in [0, 0.05) is 6.07 Å². The van der Waals surface area contributed by atoms with Gasteiger partial charge in [0.15, 0.2) is 14.8 Å². The number of rotatable bonds is 8. The van der Waals surface area contributed by atoms with Crippen molar-refractivity contribution in [3.63, 3.8) is 0 Å². The molecule has 0 aliphatic rings. The van der Waals surface area contributed by atoms with Gasteiger partial charge in [0.05, 0.1) is 37.0 Å². The Balaban J connectivity index is 1.58. The van der Waals surface area contributed by atoms with Crippen LogP contribution in [0.3, 0.4) is 0 Å². The first-order chi connectivity index (χ1) is 19.3. The van der Waals surface area contributed by atoms with Crippen molar-refractivity contribution in [3.05, 3.63) is 92.4 Å². The molecular weight excluding hydrogens is 572 g/mol. The molecule has 5 rings (SSSR count). The van der Waals surface area contributed by atoms with Crippen molar-refractivity contribution in [1.82, 2.24) is 14.1 Å². The van der Waals surface area contributed by atoms with Gasteiger partial charge in [-0.2, -0.15) is 0 Å². The molecule has 8 nitrogen and oxygen atoms in total. The van der Waals surface area contributed by atoms with E-state index in [2.05, 4.69) is 5.32 Å². The third kappa shape index (κ3) is 5.25. The number of benzene rings is 3. The van der Waals surface area contributed by atoms with Crippen LogP contribution in [0.25, 0.3) is 21.7 Å². The van der Waals surface area contributed by atoms with Gasteiger partial charge in [0.25, 0.3) is 5.56 Å². The number of carbonyl (C=O) groups excluding carboxylic acids is 1. The zero-order chi connectivity index (χ0) is 28.4. The van der Waals surface area contributed by atoms with Crippen LogP contribution in [0.1, 0.15) is 5.56 Å². The Morgan fingerprint density at radius 3 is 2.48 bits per heavy atom. The van der Waals surface area contributed by atoms with E-state index in [4.69, 9.17) is 26.7 Å². The monoisotopic (exact) mass is 594 g/mol. The van der Waals surface area contributed by atoms with Gasteiger partial charge in [-0.3, -0.25) is 18.7 Å². The highest BCUT2D eigenvalue weighted by Crippen LogP contribution is 2.31. The minimum Gasteiger partial charge on any atom is -0.497 e. The molecule has 5 aromatic rings. The van der Waals surface area contributed by atoms with E-state index in [1.165, 1.54) is 37.0 Å². The predicted octanol–water partition coefficient (Wildman–Crippen LogP) is 6.16. The Bertz CT molecular complexity index is 1870. The molecule has 1 N–H and O–H groups in total. The SMILES string of the molecule is COc1ccc(NC(=O)CSc2nc3c(sc(=S)n3-c3ccccc3C)c(=O)n2-c2ccccc2F)c(OC)c1. The number of aryl methyl sites for hydroxylation is 1. The summed E-state index contributed by atoms with van der Waals surface area (Å²) in [4.78, 5) is 31.6. The summed E-state index contributed by atoms with van der Waals surface area (Å²) in [7, 11) is 3.03. The first-order valence-electron chi connectivity index (χ1n) is 12.0. The fourth-order valence-electron chi connectivity index (χ4n) is 4.12. The third-order valence-electron chi connectivity index (χ3n) is 6.04. The maximum atomic E-state index is 14.9. The Labute approximate surface area is 242 Å². The number of ether oxygens (including phenoxy) is 2. The van der Waals surface area contributed by atoms with Gasteiger partial charge < -0.3 is 14.8 Å². The molecule has 0 radical (unpaired) electrons. The lowest BCUT2D eigenvalue weighted by molar-refractivity contribution is -0.113. The maximum absolute atomic E-state index is 14.9. The molecule has 0 saturated carbocycles. The number of fused-ring (bicyclic) bond motifs is 1. The quantitative estimate of drug-likeness (QED) is 0.131. The number of amides is 1. The Morgan fingerprint density at radius 1 is 1.05 bits per heavy atom. The molecule has 3 aromatic carbocycles. The lowest BCUT2D eigenvalue weighted by Gasteiger charge is -2.14. The van der Waals surface area contributed by atoms with Gasteiger partial charge >= 0.3 is 0 Å². The van der Waals surface area contributed by atoms with Crippen LogP contribution >= 0.6 is 35.3 Å². The average molecular weight is 595 g/mol. The van der Waals surface area contributed by atoms with E-state index in [9.17, 15) is 14.0 Å². The molecule has 0 saturated heterocycles. The van der Waals surface area contributed by atoms with E-state index < -0.39 is 11.4 Å². The van der Waals surface area contributed by atoms with Gasteiger partial charge in [-0.1, -0.05) is 53.4 Å². The van der Waals surface area contributed by atoms with Crippen molar-refractivity contribution >= 4 is 57.3 Å². The lowest BCUT2D eigenvalue weighted by atomic mass is 10.2. The summed E-state index contributed by atoms with van der Waals surface area (Å²) in [5.74, 6) is -0.0759. The largest absolute Gasteiger partial charge is 0.497 e. The van der Waals surface area contributed by atoms with E-state index in [1.807, 2.05) is 31.2 Å². The number of thioether (sulfide) groups is 1. The number of anilines is 1. The smallest absolute Gasteiger partial charge is 0.278 e. The second-order valence-corrected chi connectivity index (χ2v) is 11.1. The number of thiazole rings is 1. The zero-order valence-electron chi connectivity index (χ0n) is 21.6. The third-order valence-corrected chi connectivity index (χ3v) is 8.33. The number of para-hydroxylation sites is 2. The number of carbonyl (C=O) groups is 1. The molecule has 1 amide bonds. The Kier molecular flexibility index (Phi) is 8.01. The highest BCUT2D eigenvalue weighted by Gasteiger charge is 2.22. The molecule has 204 valence electrons. The molecule has 0 spiro atoms. The summed E-state index contributed by atoms with van der Waals surface area (Å²) in [6.45, 7) is 1.94. The van der Waals surface area contributed by atoms with Crippen molar-refractivity contribution < 1.29 is 18.7 Å². The molecule has 0 bridgehead atoms. The Hall–Kier alpha value is -4.00. The minimum absolute atomic E-state index is 0.0309. The molecule has 0 aliphatic carbocycles. The van der Waals surface area contributed by atoms with E-state index in [0.717, 1.165) is 34.3 Å². The van der Waals surface area contributed by atoms with Gasteiger partial charge in [0.2, 0.25) is 5.91 Å². The number of methoxy groups -OCH3 is 2. The van der Waals surface area contributed by atoms with Crippen LogP contribution in [0.5, 0.6) is 11.5 Å². The van der Waals surface area contributed by atoms with E-state index in [0.29, 0.717) is 26.8 Å². The van der Waals surface area contributed by atoms with E-state index in [-0.39, 0.29) is 27.2 Å². The Morgan fingerprint density at radius 2 is 1.77 bits per heavy atom. The maximum Gasteiger partial charge on any atom is 0.278 e. The van der Waals surface area contributed by atoms with Gasteiger partial charge in [-0.15, -0.1) is 0 Å². The van der Waals surface area contributed by atoms with Crippen molar-refractivity contribution in [1.29, 1.82) is 0 Å². The number of aromatic nitrogens is 3. The first-order valence-corrected chi connectivity index (χ1v) is 14.2. The molecule has 0 aliphatic heterocycles. The molecule has 2 aromatic heterocycles. The number of hydrogen-bond donors (Lipinski definition) is 1. The van der Waals surface area contributed by atoms with Crippen LogP contribution in [-0.2, 0) is 4.79 Å². The molecule has 0 fully saturated rings. The van der Waals surface area contributed by atoms with Gasteiger partial charge in [-0.25, -0.2) is 9.37 Å². The van der Waals surface area contributed by atoms with Crippen LogP contribution < -0.4 is 20.3 Å². The molecule has 0 unspecified atom stereocenters. The number of hydrogen-bond acceptors (Lipinski definition) is 8. The normalized spacial score (nSPS) is 11.0. The highest BCUT2D eigenvalue weighted by atomic mass is 32.2. The van der Waals surface area contributed by atoms with Crippen LogP contribution in [0.15, 0.2) is 76.7 Å². The minimum atomic E-state index is -0.595. The van der Waals surface area contributed by atoms with Crippen LogP contribution in [-0.4, -0.2) is 40.0 Å². The first kappa shape index (κ1) is 27.6. The number of halogens is 1. The second kappa shape index (κ2) is 11.6. The second-order valence-electron chi connectivity index (χ2n) is 8.53. The van der Waals surface area contributed by atoms with Crippen molar-refractivity contribution in [2.75, 3.05) is 25.3 Å². The molecule has 40 heavy (non-hydrogen) atoms. The molecular formula is C28H23FN4O4S3. The highest BCUT2D eigenvalue weighted by molar-refractivity contribution is 7.99. The van der Waals surface area contributed by atoms with E-state index in [1.54, 1.807) is 28.8 Å². The molecule has 12 heteroatoms. The van der Waals surface area contributed by atoms with Gasteiger partial charge in [0.1, 0.15) is 22.0 Å². The van der Waals surface area contributed by atoms with Crippen molar-refractivity contribution in [3.8, 4) is 22.9 Å². The molecule has 2 heterocycles. The van der Waals surface area contributed by atoms with Crippen molar-refractivity contribution in [2.24, 2.45) is 0 Å². The average Bonchev–Trinajstić information content (AvgIpc) is 3.29. The number of nitrogens with one attached hydrogen (secondary N) is 1. The summed E-state index contributed by atoms with van der Waals surface area (Å²) < 4.78 is 29.2. The number of nitrogens with zero attached hydrogens (tertiary/aromatic N) is 3. The molecule has 0 atom stereocenters. The zero-order valence-corrected chi connectivity index (χ0v) is 24.1. The van der Waals surface area contributed by atoms with Gasteiger partial charge in [-0.05, 0) is 55.0 Å². The summed E-state index contributed by atoms with van der Waals surface area (Å²) in [5.41, 5.74) is 2.09. The summed E-state index contributed by atoms with van der Waals surface area (Å²) >= 11 is 7.75. The van der Waals surface area contributed by atoms with Crippen LogP contribution in [0, 0.1) is 16.7 Å². The summed E-state index contributed by atoms with van der Waals surface area (Å²) in [5, 5.41) is 2.95. The topological polar surface area (TPSA) is 87.4 Å². The fraction of sp³-hybridized carbons (Fsp3) is 0.143.